The predicted molar refractivity (Wildman–Crippen MR) is 43.0 cm³/mol. The Morgan fingerprint density at radius 2 is 1.92 bits per heavy atom. The summed E-state index contributed by atoms with van der Waals surface area (Å²) in [6.45, 7) is -0.485. The molecule has 0 aliphatic rings. The number of hydrogen-bond donors (Lipinski definition) is 0. The van der Waals surface area contributed by atoms with Crippen molar-refractivity contribution in [2.24, 2.45) is 0 Å². The number of unbranched alkanes of at least 4 members (excludes halogenated alkanes) is 2. The average Bonchev–Trinajstić information content (AvgIpc) is 1.94. The highest BCUT2D eigenvalue weighted by atomic mass is 19.4. The van der Waals surface area contributed by atoms with E-state index in [1.54, 1.807) is 0 Å². The van der Waals surface area contributed by atoms with Crippen LogP contribution in [0.1, 0.15) is 19.3 Å². The molecule has 0 atom stereocenters. The molecule has 13 heavy (non-hydrogen) atoms. The van der Waals surface area contributed by atoms with Gasteiger partial charge in [-0.05, 0) is 26.4 Å². The van der Waals surface area contributed by atoms with E-state index in [-0.39, 0.29) is 0 Å². The summed E-state index contributed by atoms with van der Waals surface area (Å²) in [6.07, 6.45) is -2.40. The van der Waals surface area contributed by atoms with Gasteiger partial charge in [0.25, 0.3) is 0 Å². The Morgan fingerprint density at radius 1 is 1.31 bits per heavy atom. The summed E-state index contributed by atoms with van der Waals surface area (Å²) in [6, 6.07) is 1.95. The third kappa shape index (κ3) is 9.15. The molecule has 0 amide bonds. The van der Waals surface area contributed by atoms with Crippen molar-refractivity contribution in [2.75, 3.05) is 20.1 Å². The molecule has 0 aliphatic carbocycles. The van der Waals surface area contributed by atoms with Crippen LogP contribution in [0.4, 0.5) is 13.2 Å². The van der Waals surface area contributed by atoms with Gasteiger partial charge in [-0.15, -0.1) is 0 Å². The zero-order valence-corrected chi connectivity index (χ0v) is 7.56. The van der Waals surface area contributed by atoms with Crippen molar-refractivity contribution >= 4 is 0 Å². The largest absolute Gasteiger partial charge is 0.401 e. The molecule has 0 bridgehead atoms. The fraction of sp³-hybridized carbons (Fsp3) is 0.875. The van der Waals surface area contributed by atoms with Crippen molar-refractivity contribution in [2.45, 2.75) is 25.4 Å². The maximum atomic E-state index is 11.8. The van der Waals surface area contributed by atoms with Gasteiger partial charge in [0.2, 0.25) is 0 Å². The predicted octanol–water partition coefficient (Wildman–Crippen LogP) is 2.17. The minimum Gasteiger partial charge on any atom is -0.298 e. The Labute approximate surface area is 75.9 Å². The van der Waals surface area contributed by atoms with Crippen molar-refractivity contribution < 1.29 is 13.2 Å². The van der Waals surface area contributed by atoms with E-state index in [9.17, 15) is 13.2 Å². The van der Waals surface area contributed by atoms with Crippen molar-refractivity contribution in [3.05, 3.63) is 0 Å². The van der Waals surface area contributed by atoms with Gasteiger partial charge in [0.15, 0.2) is 0 Å². The van der Waals surface area contributed by atoms with Crippen molar-refractivity contribution in [1.82, 2.24) is 4.90 Å². The first kappa shape index (κ1) is 12.2. The van der Waals surface area contributed by atoms with Gasteiger partial charge in [0.1, 0.15) is 0 Å². The van der Waals surface area contributed by atoms with Crippen LogP contribution in [0.25, 0.3) is 0 Å². The van der Waals surface area contributed by atoms with Crippen LogP contribution in [0.5, 0.6) is 0 Å². The van der Waals surface area contributed by atoms with E-state index in [4.69, 9.17) is 5.26 Å². The summed E-state index contributed by atoms with van der Waals surface area (Å²) in [5.74, 6) is 0. The van der Waals surface area contributed by atoms with E-state index in [1.807, 2.05) is 6.07 Å². The van der Waals surface area contributed by atoms with Crippen molar-refractivity contribution in [1.29, 1.82) is 5.26 Å². The molecule has 2 nitrogen and oxygen atoms in total. The number of rotatable bonds is 5. The standard InChI is InChI=1S/C8H13F3N2/c1-13(7-8(9,10)11)6-4-2-3-5-12/h2-4,6-7H2,1H3. The molecule has 0 rings (SSSR count). The van der Waals surface area contributed by atoms with E-state index < -0.39 is 12.7 Å². The van der Waals surface area contributed by atoms with E-state index >= 15 is 0 Å². The van der Waals surface area contributed by atoms with Gasteiger partial charge in [-0.3, -0.25) is 4.90 Å². The maximum absolute atomic E-state index is 11.8. The summed E-state index contributed by atoms with van der Waals surface area (Å²) in [7, 11) is 1.43. The maximum Gasteiger partial charge on any atom is 0.401 e. The van der Waals surface area contributed by atoms with Crippen LogP contribution in [-0.2, 0) is 0 Å². The van der Waals surface area contributed by atoms with E-state index in [1.165, 1.54) is 11.9 Å². The van der Waals surface area contributed by atoms with Gasteiger partial charge < -0.3 is 0 Å². The molecule has 0 aromatic carbocycles. The monoisotopic (exact) mass is 194 g/mol. The fourth-order valence-electron chi connectivity index (χ4n) is 0.971. The molecule has 0 saturated carbocycles. The number of hydrogen-bond acceptors (Lipinski definition) is 2. The Hall–Kier alpha value is -0.760. The lowest BCUT2D eigenvalue weighted by Crippen LogP contribution is -2.31. The molecule has 0 radical (unpaired) electrons. The number of nitrogens with zero attached hydrogens (tertiary/aromatic N) is 2. The van der Waals surface area contributed by atoms with Gasteiger partial charge in [-0.25, -0.2) is 0 Å². The zero-order valence-electron chi connectivity index (χ0n) is 7.56. The van der Waals surface area contributed by atoms with Gasteiger partial charge in [0.05, 0.1) is 12.6 Å². The molecule has 0 aliphatic heterocycles. The minimum absolute atomic E-state index is 0.390. The second kappa shape index (κ2) is 5.81. The third-order valence-corrected chi connectivity index (χ3v) is 1.53. The SMILES string of the molecule is CN(CCCCC#N)CC(F)(F)F. The zero-order chi connectivity index (χ0) is 10.3. The van der Waals surface area contributed by atoms with Crippen molar-refractivity contribution in [3.8, 4) is 6.07 Å². The lowest BCUT2D eigenvalue weighted by Gasteiger charge is -2.17. The number of halogens is 3. The van der Waals surface area contributed by atoms with E-state index in [2.05, 4.69) is 0 Å². The fourth-order valence-corrected chi connectivity index (χ4v) is 0.971. The average molecular weight is 194 g/mol. The van der Waals surface area contributed by atoms with Crippen LogP contribution >= 0.6 is 0 Å². The molecule has 0 unspecified atom stereocenters. The second-order valence-corrected chi connectivity index (χ2v) is 2.97. The molecule has 5 heteroatoms. The summed E-state index contributed by atoms with van der Waals surface area (Å²) in [5.41, 5.74) is 0. The van der Waals surface area contributed by atoms with E-state index in [0.29, 0.717) is 25.8 Å². The van der Waals surface area contributed by atoms with Gasteiger partial charge in [-0.2, -0.15) is 18.4 Å². The highest BCUT2D eigenvalue weighted by Crippen LogP contribution is 2.15. The summed E-state index contributed by atoms with van der Waals surface area (Å²) < 4.78 is 35.4. The normalized spacial score (nSPS) is 11.7. The van der Waals surface area contributed by atoms with Crippen LogP contribution in [0.2, 0.25) is 0 Å². The lowest BCUT2D eigenvalue weighted by atomic mass is 10.2. The van der Waals surface area contributed by atoms with Crippen LogP contribution in [0.3, 0.4) is 0 Å². The van der Waals surface area contributed by atoms with Gasteiger partial charge in [0, 0.05) is 6.42 Å². The van der Waals surface area contributed by atoms with Gasteiger partial charge >= 0.3 is 6.18 Å². The molecule has 0 aromatic rings. The Morgan fingerprint density at radius 3 is 2.38 bits per heavy atom. The topological polar surface area (TPSA) is 27.0 Å². The molecule has 0 aromatic heterocycles. The molecule has 76 valence electrons. The quantitative estimate of drug-likeness (QED) is 0.627. The Balaban J connectivity index is 3.42. The van der Waals surface area contributed by atoms with Crippen LogP contribution in [0, 0.1) is 11.3 Å². The van der Waals surface area contributed by atoms with Crippen LogP contribution in [0.15, 0.2) is 0 Å². The first-order valence-corrected chi connectivity index (χ1v) is 4.08. The third-order valence-electron chi connectivity index (χ3n) is 1.53. The molecule has 0 N–H and O–H groups in total. The van der Waals surface area contributed by atoms with Crippen LogP contribution in [-0.4, -0.2) is 31.2 Å². The molecule has 0 heterocycles. The highest BCUT2D eigenvalue weighted by molar-refractivity contribution is 4.68. The summed E-state index contributed by atoms with van der Waals surface area (Å²) in [4.78, 5) is 1.22. The minimum atomic E-state index is -4.12. The molecular weight excluding hydrogens is 181 g/mol. The molecule has 0 saturated heterocycles. The lowest BCUT2D eigenvalue weighted by molar-refractivity contribution is -0.143. The second-order valence-electron chi connectivity index (χ2n) is 2.97. The molecule has 0 fully saturated rings. The molecule has 0 spiro atoms. The smallest absolute Gasteiger partial charge is 0.298 e. The van der Waals surface area contributed by atoms with Gasteiger partial charge in [-0.1, -0.05) is 0 Å². The first-order chi connectivity index (χ1) is 5.95. The summed E-state index contributed by atoms with van der Waals surface area (Å²) in [5, 5.41) is 8.17. The first-order valence-electron chi connectivity index (χ1n) is 4.08. The molecular formula is C8H13F3N2. The van der Waals surface area contributed by atoms with Crippen LogP contribution < -0.4 is 0 Å². The van der Waals surface area contributed by atoms with Crippen molar-refractivity contribution in [3.63, 3.8) is 0 Å². The highest BCUT2D eigenvalue weighted by Gasteiger charge is 2.28. The number of nitriles is 1. The van der Waals surface area contributed by atoms with E-state index in [0.717, 1.165) is 0 Å². The Bertz CT molecular complexity index is 171. The number of alkyl halides is 3. The summed E-state index contributed by atoms with van der Waals surface area (Å²) >= 11 is 0. The Kier molecular flexibility index (Phi) is 5.47.